The summed E-state index contributed by atoms with van der Waals surface area (Å²) in [5.41, 5.74) is 6.19. The van der Waals surface area contributed by atoms with Crippen molar-refractivity contribution in [2.24, 2.45) is 0 Å². The molecular formula is C12H15NO5. The molecule has 6 nitrogen and oxygen atoms in total. The van der Waals surface area contributed by atoms with Crippen molar-refractivity contribution in [3.63, 3.8) is 0 Å². The van der Waals surface area contributed by atoms with Crippen LogP contribution in [-0.4, -0.2) is 30.3 Å². The lowest BCUT2D eigenvalue weighted by Gasteiger charge is -2.12. The lowest BCUT2D eigenvalue weighted by molar-refractivity contribution is -0.147. The number of nitrogen functional groups attached to an aromatic ring is 1. The second-order valence-electron chi connectivity index (χ2n) is 3.60. The molecule has 0 fully saturated rings. The number of esters is 1. The smallest absolute Gasteiger partial charge is 0.345 e. The summed E-state index contributed by atoms with van der Waals surface area (Å²) >= 11 is 0. The fraction of sp³-hybridized carbons (Fsp3) is 0.333. The second-order valence-corrected chi connectivity index (χ2v) is 3.60. The van der Waals surface area contributed by atoms with Crippen molar-refractivity contribution in [1.29, 1.82) is 0 Å². The van der Waals surface area contributed by atoms with Gasteiger partial charge >= 0.3 is 11.9 Å². The van der Waals surface area contributed by atoms with Crippen LogP contribution in [-0.2, 0) is 9.53 Å². The van der Waals surface area contributed by atoms with Crippen LogP contribution in [0.4, 0.5) is 5.69 Å². The monoisotopic (exact) mass is 253 g/mol. The summed E-state index contributed by atoms with van der Waals surface area (Å²) in [5, 5.41) is 8.79. The summed E-state index contributed by atoms with van der Waals surface area (Å²) in [6, 6.07) is 4.36. The van der Waals surface area contributed by atoms with E-state index in [4.69, 9.17) is 20.3 Å². The van der Waals surface area contributed by atoms with E-state index in [1.54, 1.807) is 6.92 Å². The van der Waals surface area contributed by atoms with E-state index in [0.29, 0.717) is 11.4 Å². The third-order valence-corrected chi connectivity index (χ3v) is 2.36. The van der Waals surface area contributed by atoms with Crippen molar-refractivity contribution in [3.05, 3.63) is 23.8 Å². The van der Waals surface area contributed by atoms with Crippen LogP contribution in [0.3, 0.4) is 0 Å². The van der Waals surface area contributed by atoms with Gasteiger partial charge in [-0.05, 0) is 24.6 Å². The summed E-state index contributed by atoms with van der Waals surface area (Å²) in [6.07, 6.45) is -0.950. The van der Waals surface area contributed by atoms with Crippen molar-refractivity contribution < 1.29 is 24.2 Å². The number of ether oxygens (including phenoxy) is 2. The average molecular weight is 253 g/mol. The van der Waals surface area contributed by atoms with Crippen molar-refractivity contribution in [3.8, 4) is 5.75 Å². The number of benzene rings is 1. The molecule has 0 amide bonds. The van der Waals surface area contributed by atoms with E-state index in [1.165, 1.54) is 25.3 Å². The summed E-state index contributed by atoms with van der Waals surface area (Å²) < 4.78 is 9.82. The third-order valence-electron chi connectivity index (χ3n) is 2.36. The van der Waals surface area contributed by atoms with Crippen LogP contribution in [0.1, 0.15) is 23.7 Å². The number of nitrogens with two attached hydrogens (primary N) is 1. The first-order valence-electron chi connectivity index (χ1n) is 5.36. The quantitative estimate of drug-likeness (QED) is 0.606. The lowest BCUT2D eigenvalue weighted by atomic mass is 10.2. The van der Waals surface area contributed by atoms with Gasteiger partial charge in [0.1, 0.15) is 5.75 Å². The Morgan fingerprint density at radius 2 is 2.11 bits per heavy atom. The van der Waals surface area contributed by atoms with E-state index in [-0.39, 0.29) is 12.0 Å². The standard InChI is InChI=1S/C12H15NO5/c1-3-9(11(14)15)18-12(16)7-4-5-8(13)10(6-7)17-2/h4-6,9H,3,13H2,1-2H3,(H,14,15). The molecule has 98 valence electrons. The van der Waals surface area contributed by atoms with Crippen LogP contribution in [0, 0.1) is 0 Å². The number of rotatable bonds is 5. The maximum atomic E-state index is 11.7. The summed E-state index contributed by atoms with van der Waals surface area (Å²) in [6.45, 7) is 1.62. The molecule has 1 aromatic carbocycles. The number of carbonyl (C=O) groups is 2. The molecule has 3 N–H and O–H groups in total. The van der Waals surface area contributed by atoms with Gasteiger partial charge in [-0.25, -0.2) is 9.59 Å². The van der Waals surface area contributed by atoms with E-state index in [2.05, 4.69) is 0 Å². The van der Waals surface area contributed by atoms with E-state index in [9.17, 15) is 9.59 Å². The Bertz CT molecular complexity index is 458. The molecule has 1 unspecified atom stereocenters. The van der Waals surface area contributed by atoms with Crippen LogP contribution in [0.25, 0.3) is 0 Å². The van der Waals surface area contributed by atoms with Gasteiger partial charge in [-0.3, -0.25) is 0 Å². The molecule has 0 bridgehead atoms. The van der Waals surface area contributed by atoms with E-state index in [0.717, 1.165) is 0 Å². The van der Waals surface area contributed by atoms with E-state index < -0.39 is 18.0 Å². The molecule has 0 radical (unpaired) electrons. The highest BCUT2D eigenvalue weighted by atomic mass is 16.6. The minimum Gasteiger partial charge on any atom is -0.495 e. The van der Waals surface area contributed by atoms with E-state index in [1.807, 2.05) is 0 Å². The van der Waals surface area contributed by atoms with Gasteiger partial charge in [0.2, 0.25) is 0 Å². The Kier molecular flexibility index (Phi) is 4.53. The van der Waals surface area contributed by atoms with Gasteiger partial charge in [-0.1, -0.05) is 6.92 Å². The maximum Gasteiger partial charge on any atom is 0.345 e. The maximum absolute atomic E-state index is 11.7. The lowest BCUT2D eigenvalue weighted by Crippen LogP contribution is -2.26. The molecule has 0 saturated carbocycles. The molecular weight excluding hydrogens is 238 g/mol. The summed E-state index contributed by atoms with van der Waals surface area (Å²) in [4.78, 5) is 22.5. The summed E-state index contributed by atoms with van der Waals surface area (Å²) in [7, 11) is 1.42. The average Bonchev–Trinajstić information content (AvgIpc) is 2.35. The van der Waals surface area contributed by atoms with Crippen LogP contribution < -0.4 is 10.5 Å². The number of carboxylic acid groups (broad SMARTS) is 1. The molecule has 0 saturated heterocycles. The SMILES string of the molecule is CCC(OC(=O)c1ccc(N)c(OC)c1)C(=O)O. The molecule has 0 aromatic heterocycles. The molecule has 1 aromatic rings. The molecule has 1 rings (SSSR count). The Hall–Kier alpha value is -2.24. The zero-order valence-electron chi connectivity index (χ0n) is 10.2. The first-order valence-corrected chi connectivity index (χ1v) is 5.36. The molecule has 18 heavy (non-hydrogen) atoms. The van der Waals surface area contributed by atoms with Gasteiger partial charge in [0, 0.05) is 0 Å². The highest BCUT2D eigenvalue weighted by molar-refractivity contribution is 5.92. The van der Waals surface area contributed by atoms with Crippen LogP contribution in [0.5, 0.6) is 5.75 Å². The van der Waals surface area contributed by atoms with Gasteiger partial charge in [-0.2, -0.15) is 0 Å². The Morgan fingerprint density at radius 1 is 1.44 bits per heavy atom. The Balaban J connectivity index is 2.87. The largest absolute Gasteiger partial charge is 0.495 e. The number of carbonyl (C=O) groups excluding carboxylic acids is 1. The molecule has 0 heterocycles. The number of anilines is 1. The van der Waals surface area contributed by atoms with E-state index >= 15 is 0 Å². The number of carboxylic acids is 1. The number of methoxy groups -OCH3 is 1. The number of hydrogen-bond donors (Lipinski definition) is 2. The fourth-order valence-corrected chi connectivity index (χ4v) is 1.34. The van der Waals surface area contributed by atoms with Gasteiger partial charge in [0.15, 0.2) is 6.10 Å². The van der Waals surface area contributed by atoms with Crippen LogP contribution in [0.15, 0.2) is 18.2 Å². The molecule has 1 atom stereocenters. The van der Waals surface area contributed by atoms with Crippen LogP contribution >= 0.6 is 0 Å². The minimum absolute atomic E-state index is 0.195. The van der Waals surface area contributed by atoms with Crippen molar-refractivity contribution in [2.45, 2.75) is 19.4 Å². The van der Waals surface area contributed by atoms with Crippen molar-refractivity contribution in [1.82, 2.24) is 0 Å². The van der Waals surface area contributed by atoms with Crippen molar-refractivity contribution in [2.75, 3.05) is 12.8 Å². The first kappa shape index (κ1) is 13.8. The number of aliphatic carboxylic acids is 1. The van der Waals surface area contributed by atoms with Crippen molar-refractivity contribution >= 4 is 17.6 Å². The first-order chi connectivity index (χ1) is 8.49. The Labute approximate surface area is 104 Å². The summed E-state index contributed by atoms with van der Waals surface area (Å²) in [5.74, 6) is -1.55. The zero-order chi connectivity index (χ0) is 13.7. The molecule has 0 aliphatic rings. The second kappa shape index (κ2) is 5.90. The molecule has 0 aliphatic heterocycles. The Morgan fingerprint density at radius 3 is 2.61 bits per heavy atom. The predicted molar refractivity (Wildman–Crippen MR) is 64.5 cm³/mol. The van der Waals surface area contributed by atoms with Gasteiger partial charge in [0.25, 0.3) is 0 Å². The number of hydrogen-bond acceptors (Lipinski definition) is 5. The van der Waals surface area contributed by atoms with Gasteiger partial charge in [-0.15, -0.1) is 0 Å². The van der Waals surface area contributed by atoms with Crippen LogP contribution in [0.2, 0.25) is 0 Å². The van der Waals surface area contributed by atoms with Gasteiger partial charge in [0.05, 0.1) is 18.4 Å². The minimum atomic E-state index is -1.17. The fourth-order valence-electron chi connectivity index (χ4n) is 1.34. The molecule has 0 spiro atoms. The van der Waals surface area contributed by atoms with Gasteiger partial charge < -0.3 is 20.3 Å². The topological polar surface area (TPSA) is 98.9 Å². The highest BCUT2D eigenvalue weighted by Crippen LogP contribution is 2.22. The molecule has 6 heteroatoms. The zero-order valence-corrected chi connectivity index (χ0v) is 10.2. The normalized spacial score (nSPS) is 11.7. The highest BCUT2D eigenvalue weighted by Gasteiger charge is 2.21. The predicted octanol–water partition coefficient (Wildman–Crippen LogP) is 1.30. The molecule has 0 aliphatic carbocycles. The third kappa shape index (κ3) is 3.13.